The van der Waals surface area contributed by atoms with Crippen LogP contribution in [0.1, 0.15) is 73.6 Å². The summed E-state index contributed by atoms with van der Waals surface area (Å²) in [4.78, 5) is 2.58. The van der Waals surface area contributed by atoms with Crippen LogP contribution in [0.25, 0.3) is 0 Å². The van der Waals surface area contributed by atoms with E-state index in [2.05, 4.69) is 58.8 Å². The Bertz CT molecular complexity index is 201. The lowest BCUT2D eigenvalue weighted by Crippen LogP contribution is -2.35. The third-order valence-electron chi connectivity index (χ3n) is 3.69. The molecule has 19 heavy (non-hydrogen) atoms. The molecule has 0 saturated heterocycles. The van der Waals surface area contributed by atoms with Crippen LogP contribution in [0.3, 0.4) is 0 Å². The fourth-order valence-electron chi connectivity index (χ4n) is 2.96. The van der Waals surface area contributed by atoms with Gasteiger partial charge in [-0.25, -0.2) is 0 Å². The molecule has 0 amide bonds. The molecular formula is C17H38N2. The van der Waals surface area contributed by atoms with Gasteiger partial charge < -0.3 is 10.2 Å². The molecule has 0 aliphatic heterocycles. The molecule has 0 bridgehead atoms. The Morgan fingerprint density at radius 2 is 1.58 bits per heavy atom. The second-order valence-corrected chi connectivity index (χ2v) is 6.93. The molecule has 0 aromatic carbocycles. The van der Waals surface area contributed by atoms with E-state index in [4.69, 9.17) is 0 Å². The largest absolute Gasteiger partial charge is 0.312 e. The molecule has 2 atom stereocenters. The minimum absolute atomic E-state index is 0.602. The smallest absolute Gasteiger partial charge is 0.00922 e. The second kappa shape index (κ2) is 10.7. The highest BCUT2D eigenvalue weighted by Gasteiger charge is 2.15. The molecule has 0 saturated carbocycles. The van der Waals surface area contributed by atoms with Crippen LogP contribution in [0.15, 0.2) is 0 Å². The van der Waals surface area contributed by atoms with E-state index >= 15 is 0 Å². The van der Waals surface area contributed by atoms with Gasteiger partial charge in [0.2, 0.25) is 0 Å². The number of hydrogen-bond acceptors (Lipinski definition) is 2. The zero-order valence-corrected chi connectivity index (χ0v) is 14.5. The van der Waals surface area contributed by atoms with Crippen molar-refractivity contribution in [2.75, 3.05) is 13.6 Å². The minimum atomic E-state index is 0.602. The van der Waals surface area contributed by atoms with E-state index in [9.17, 15) is 0 Å². The van der Waals surface area contributed by atoms with Gasteiger partial charge in [0.25, 0.3) is 0 Å². The molecule has 0 radical (unpaired) electrons. The Hall–Kier alpha value is -0.0800. The minimum Gasteiger partial charge on any atom is -0.312 e. The molecule has 2 nitrogen and oxygen atoms in total. The molecule has 0 aliphatic carbocycles. The number of rotatable bonds is 11. The topological polar surface area (TPSA) is 15.3 Å². The average Bonchev–Trinajstić information content (AvgIpc) is 2.25. The van der Waals surface area contributed by atoms with Crippen molar-refractivity contribution in [3.63, 3.8) is 0 Å². The SMILES string of the molecule is CCCC(CCC[C@@H](C)NC(C)C)N(C)CC(C)C. The van der Waals surface area contributed by atoms with E-state index in [0.717, 1.165) is 12.0 Å². The summed E-state index contributed by atoms with van der Waals surface area (Å²) in [5.74, 6) is 0.769. The summed E-state index contributed by atoms with van der Waals surface area (Å²) in [7, 11) is 2.30. The highest BCUT2D eigenvalue weighted by atomic mass is 15.1. The highest BCUT2D eigenvalue weighted by Crippen LogP contribution is 2.15. The highest BCUT2D eigenvalue weighted by molar-refractivity contribution is 4.72. The first-order valence-electron chi connectivity index (χ1n) is 8.33. The van der Waals surface area contributed by atoms with Crippen molar-refractivity contribution in [1.29, 1.82) is 0 Å². The molecular weight excluding hydrogens is 232 g/mol. The number of nitrogens with one attached hydrogen (secondary N) is 1. The van der Waals surface area contributed by atoms with E-state index < -0.39 is 0 Å². The van der Waals surface area contributed by atoms with Gasteiger partial charge in [-0.2, -0.15) is 0 Å². The fraction of sp³-hybridized carbons (Fsp3) is 1.00. The van der Waals surface area contributed by atoms with Crippen molar-refractivity contribution in [2.45, 2.75) is 91.8 Å². The van der Waals surface area contributed by atoms with Crippen molar-refractivity contribution in [3.8, 4) is 0 Å². The summed E-state index contributed by atoms with van der Waals surface area (Å²) in [6.45, 7) is 14.9. The maximum atomic E-state index is 3.60. The first-order chi connectivity index (χ1) is 8.86. The molecule has 0 aromatic heterocycles. The molecule has 116 valence electrons. The molecule has 1 N–H and O–H groups in total. The van der Waals surface area contributed by atoms with Gasteiger partial charge in [0.1, 0.15) is 0 Å². The molecule has 0 fully saturated rings. The van der Waals surface area contributed by atoms with Crippen molar-refractivity contribution in [2.24, 2.45) is 5.92 Å². The Morgan fingerprint density at radius 1 is 0.947 bits per heavy atom. The third kappa shape index (κ3) is 10.4. The molecule has 0 aromatic rings. The summed E-state index contributed by atoms with van der Waals surface area (Å²) < 4.78 is 0. The number of nitrogens with zero attached hydrogens (tertiary/aromatic N) is 1. The van der Waals surface area contributed by atoms with Crippen LogP contribution in [-0.2, 0) is 0 Å². The van der Waals surface area contributed by atoms with Gasteiger partial charge in [0, 0.05) is 24.7 Å². The lowest BCUT2D eigenvalue weighted by atomic mass is 10.0. The zero-order chi connectivity index (χ0) is 14.8. The van der Waals surface area contributed by atoms with Gasteiger partial charge >= 0.3 is 0 Å². The predicted molar refractivity (Wildman–Crippen MR) is 87.7 cm³/mol. The van der Waals surface area contributed by atoms with Gasteiger partial charge in [-0.15, -0.1) is 0 Å². The van der Waals surface area contributed by atoms with Crippen molar-refractivity contribution < 1.29 is 0 Å². The Balaban J connectivity index is 4.00. The van der Waals surface area contributed by atoms with Gasteiger partial charge in [-0.3, -0.25) is 0 Å². The van der Waals surface area contributed by atoms with E-state index in [1.165, 1.54) is 38.6 Å². The Labute approximate surface area is 122 Å². The number of hydrogen-bond donors (Lipinski definition) is 1. The molecule has 0 heterocycles. The van der Waals surface area contributed by atoms with Crippen LogP contribution in [0, 0.1) is 5.92 Å². The summed E-state index contributed by atoms with van der Waals surface area (Å²) in [6, 6.07) is 2.03. The van der Waals surface area contributed by atoms with Crippen LogP contribution in [0.4, 0.5) is 0 Å². The van der Waals surface area contributed by atoms with Gasteiger partial charge in [-0.1, -0.05) is 47.5 Å². The third-order valence-corrected chi connectivity index (χ3v) is 3.69. The fourth-order valence-corrected chi connectivity index (χ4v) is 2.96. The first-order valence-corrected chi connectivity index (χ1v) is 8.33. The average molecular weight is 271 g/mol. The van der Waals surface area contributed by atoms with Crippen LogP contribution in [-0.4, -0.2) is 36.6 Å². The van der Waals surface area contributed by atoms with Crippen LogP contribution in [0.5, 0.6) is 0 Å². The zero-order valence-electron chi connectivity index (χ0n) is 14.5. The van der Waals surface area contributed by atoms with Crippen LogP contribution in [0.2, 0.25) is 0 Å². The molecule has 0 spiro atoms. The van der Waals surface area contributed by atoms with Crippen molar-refractivity contribution in [1.82, 2.24) is 10.2 Å². The maximum Gasteiger partial charge on any atom is 0.00922 e. The van der Waals surface area contributed by atoms with Gasteiger partial charge in [0.15, 0.2) is 0 Å². The summed E-state index contributed by atoms with van der Waals surface area (Å²) in [6.07, 6.45) is 6.63. The van der Waals surface area contributed by atoms with Gasteiger partial charge in [-0.05, 0) is 39.2 Å². The molecule has 0 rings (SSSR count). The van der Waals surface area contributed by atoms with E-state index in [-0.39, 0.29) is 0 Å². The molecule has 0 aliphatic rings. The normalized spacial score (nSPS) is 15.5. The Kier molecular flexibility index (Phi) is 10.6. The second-order valence-electron chi connectivity index (χ2n) is 6.93. The van der Waals surface area contributed by atoms with Crippen molar-refractivity contribution >= 4 is 0 Å². The van der Waals surface area contributed by atoms with E-state index in [1.54, 1.807) is 0 Å². The van der Waals surface area contributed by atoms with E-state index in [0.29, 0.717) is 12.1 Å². The standard InChI is InChI=1S/C17H38N2/c1-8-10-17(19(7)13-14(2)3)12-9-11-16(6)18-15(4)5/h14-18H,8-13H2,1-7H3/t16-,17?/m1/s1. The summed E-state index contributed by atoms with van der Waals surface area (Å²) in [5, 5.41) is 3.60. The summed E-state index contributed by atoms with van der Waals surface area (Å²) >= 11 is 0. The molecule has 1 unspecified atom stereocenters. The molecule has 2 heteroatoms. The Morgan fingerprint density at radius 3 is 2.05 bits per heavy atom. The van der Waals surface area contributed by atoms with Crippen LogP contribution < -0.4 is 5.32 Å². The van der Waals surface area contributed by atoms with Gasteiger partial charge in [0.05, 0.1) is 0 Å². The summed E-state index contributed by atoms with van der Waals surface area (Å²) in [5.41, 5.74) is 0. The maximum absolute atomic E-state index is 3.60. The lowest BCUT2D eigenvalue weighted by molar-refractivity contribution is 0.191. The first kappa shape index (κ1) is 18.9. The monoisotopic (exact) mass is 270 g/mol. The lowest BCUT2D eigenvalue weighted by Gasteiger charge is -2.30. The quantitative estimate of drug-likeness (QED) is 0.602. The van der Waals surface area contributed by atoms with E-state index in [1.807, 2.05) is 0 Å². The predicted octanol–water partition coefficient (Wildman–Crippen LogP) is 4.30. The van der Waals surface area contributed by atoms with Crippen molar-refractivity contribution in [3.05, 3.63) is 0 Å². The van der Waals surface area contributed by atoms with Crippen LogP contribution >= 0.6 is 0 Å².